The third-order valence-electron chi connectivity index (χ3n) is 3.23. The van der Waals surface area contributed by atoms with Gasteiger partial charge in [0.2, 0.25) is 0 Å². The van der Waals surface area contributed by atoms with Gasteiger partial charge in [-0.1, -0.05) is 39.3 Å². The first kappa shape index (κ1) is 23.0. The van der Waals surface area contributed by atoms with Crippen LogP contribution in [0.25, 0.3) is 0 Å². The summed E-state index contributed by atoms with van der Waals surface area (Å²) in [5, 5.41) is 0. The molecule has 0 aliphatic heterocycles. The van der Waals surface area contributed by atoms with Gasteiger partial charge >= 0.3 is 8.56 Å². The van der Waals surface area contributed by atoms with Gasteiger partial charge in [-0.15, -0.1) is 0 Å². The minimum atomic E-state index is -2.03. The van der Waals surface area contributed by atoms with Crippen LogP contribution in [0.3, 0.4) is 0 Å². The summed E-state index contributed by atoms with van der Waals surface area (Å²) in [6.45, 7) is 30.8. The Morgan fingerprint density at radius 3 is 1.23 bits per heavy atom. The highest BCUT2D eigenvalue weighted by atomic mass is 28.5. The maximum atomic E-state index is 6.72. The van der Waals surface area contributed by atoms with E-state index in [0.717, 1.165) is 6.17 Å². The van der Waals surface area contributed by atoms with E-state index in [1.165, 1.54) is 0 Å². The standard InChI is InChI=1S/C14H41NO2Si5/c1-18(2,3)15(19(4,5)6)14-21(10,11)17-22(12,13)16-20(7,8)9/h14H2,1-13H3. The molecule has 0 aromatic heterocycles. The van der Waals surface area contributed by atoms with Crippen LogP contribution < -0.4 is 0 Å². The molecule has 0 fully saturated rings. The van der Waals surface area contributed by atoms with Crippen LogP contribution in [-0.4, -0.2) is 52.1 Å². The fraction of sp³-hybridized carbons (Fsp3) is 1.00. The Labute approximate surface area is 145 Å². The lowest BCUT2D eigenvalue weighted by molar-refractivity contribution is 0.386. The molecule has 3 nitrogen and oxygen atoms in total. The van der Waals surface area contributed by atoms with Crippen molar-refractivity contribution < 1.29 is 8.23 Å². The Balaban J connectivity index is 5.16. The van der Waals surface area contributed by atoms with Crippen molar-refractivity contribution in [3.63, 3.8) is 0 Å². The van der Waals surface area contributed by atoms with Crippen molar-refractivity contribution in [3.8, 4) is 0 Å². The van der Waals surface area contributed by atoms with Crippen LogP contribution in [0.4, 0.5) is 0 Å². The lowest BCUT2D eigenvalue weighted by atomic mass is 11.5. The first-order valence-electron chi connectivity index (χ1n) is 8.43. The maximum absolute atomic E-state index is 6.72. The molecule has 22 heavy (non-hydrogen) atoms. The lowest BCUT2D eigenvalue weighted by Crippen LogP contribution is -2.65. The van der Waals surface area contributed by atoms with Crippen molar-refractivity contribution in [2.45, 2.75) is 85.1 Å². The van der Waals surface area contributed by atoms with Crippen LogP contribution in [0.2, 0.25) is 85.1 Å². The predicted molar refractivity (Wildman–Crippen MR) is 114 cm³/mol. The molecule has 0 aromatic rings. The Kier molecular flexibility index (Phi) is 7.37. The molecular formula is C14H41NO2Si5. The molecule has 0 aliphatic rings. The molecule has 0 rings (SSSR count). The maximum Gasteiger partial charge on any atom is 0.311 e. The van der Waals surface area contributed by atoms with Crippen molar-refractivity contribution in [2.24, 2.45) is 0 Å². The van der Waals surface area contributed by atoms with Crippen molar-refractivity contribution in [1.82, 2.24) is 4.23 Å². The molecule has 0 atom stereocenters. The van der Waals surface area contributed by atoms with E-state index in [9.17, 15) is 0 Å². The third-order valence-corrected chi connectivity index (χ3v) is 21.1. The van der Waals surface area contributed by atoms with E-state index in [1.807, 2.05) is 0 Å². The van der Waals surface area contributed by atoms with E-state index in [1.54, 1.807) is 0 Å². The molecule has 0 spiro atoms. The highest BCUT2D eigenvalue weighted by molar-refractivity contribution is 6.92. The van der Waals surface area contributed by atoms with Gasteiger partial charge in [-0.05, 0) is 45.8 Å². The zero-order valence-corrected chi connectivity index (χ0v) is 22.5. The minimum absolute atomic E-state index is 1.16. The summed E-state index contributed by atoms with van der Waals surface area (Å²) >= 11 is 0. The van der Waals surface area contributed by atoms with Crippen molar-refractivity contribution in [3.05, 3.63) is 0 Å². The van der Waals surface area contributed by atoms with Gasteiger partial charge in [-0.25, -0.2) is 0 Å². The Morgan fingerprint density at radius 1 is 0.591 bits per heavy atom. The molecule has 134 valence electrons. The number of hydrogen-bond donors (Lipinski definition) is 0. The average molecular weight is 396 g/mol. The number of nitrogens with zero attached hydrogens (tertiary/aromatic N) is 1. The quantitative estimate of drug-likeness (QED) is 0.522. The van der Waals surface area contributed by atoms with Crippen LogP contribution in [0.5, 0.6) is 0 Å². The second-order valence-corrected chi connectivity index (χ2v) is 33.1. The molecule has 0 radical (unpaired) electrons. The fourth-order valence-corrected chi connectivity index (χ4v) is 30.2. The predicted octanol–water partition coefficient (Wildman–Crippen LogP) is 5.27. The van der Waals surface area contributed by atoms with E-state index in [2.05, 4.69) is 89.3 Å². The average Bonchev–Trinajstić information content (AvgIpc) is 2.03. The SMILES string of the molecule is C[Si](C)(C)O[Si](C)(C)O[Si](C)(C)CN([Si](C)(C)C)[Si](C)(C)C. The van der Waals surface area contributed by atoms with Gasteiger partial charge in [0, 0.05) is 6.17 Å². The van der Waals surface area contributed by atoms with Crippen LogP contribution >= 0.6 is 0 Å². The minimum Gasteiger partial charge on any atom is -0.437 e. The Morgan fingerprint density at radius 2 is 0.955 bits per heavy atom. The van der Waals surface area contributed by atoms with E-state index in [4.69, 9.17) is 8.23 Å². The second-order valence-electron chi connectivity index (χ2n) is 10.4. The van der Waals surface area contributed by atoms with Crippen LogP contribution in [0.1, 0.15) is 0 Å². The smallest absolute Gasteiger partial charge is 0.311 e. The zero-order valence-electron chi connectivity index (χ0n) is 17.5. The van der Waals surface area contributed by atoms with Crippen LogP contribution in [-0.2, 0) is 8.23 Å². The van der Waals surface area contributed by atoms with Crippen molar-refractivity contribution in [2.75, 3.05) is 6.17 Å². The van der Waals surface area contributed by atoms with E-state index in [-0.39, 0.29) is 0 Å². The molecule has 0 saturated carbocycles. The molecule has 0 unspecified atom stereocenters. The highest BCUT2D eigenvalue weighted by Crippen LogP contribution is 2.26. The van der Waals surface area contributed by atoms with Gasteiger partial charge in [0.15, 0.2) is 16.6 Å². The summed E-state index contributed by atoms with van der Waals surface area (Å²) in [5.41, 5.74) is 0. The second kappa shape index (κ2) is 7.07. The summed E-state index contributed by atoms with van der Waals surface area (Å²) in [5.74, 6) is 0. The van der Waals surface area contributed by atoms with Crippen molar-refractivity contribution >= 4 is 41.7 Å². The van der Waals surface area contributed by atoms with Gasteiger partial charge in [0.05, 0.1) is 0 Å². The lowest BCUT2D eigenvalue weighted by Gasteiger charge is -2.48. The summed E-state index contributed by atoms with van der Waals surface area (Å²) in [6, 6.07) is 0. The summed E-state index contributed by atoms with van der Waals surface area (Å²) in [6.07, 6.45) is 1.16. The van der Waals surface area contributed by atoms with Gasteiger partial charge in [0.1, 0.15) is 16.5 Å². The fourth-order valence-electron chi connectivity index (χ4n) is 3.32. The van der Waals surface area contributed by atoms with Gasteiger partial charge in [-0.2, -0.15) is 0 Å². The molecule has 0 saturated heterocycles. The first-order valence-corrected chi connectivity index (χ1v) is 24.7. The third kappa shape index (κ3) is 9.31. The molecule has 0 N–H and O–H groups in total. The number of rotatable bonds is 8. The molecule has 0 aliphatic carbocycles. The molecule has 0 amide bonds. The summed E-state index contributed by atoms with van der Waals surface area (Å²) in [4.78, 5) is 0. The largest absolute Gasteiger partial charge is 0.437 e. The normalized spacial score (nSPS) is 15.5. The summed E-state index contributed by atoms with van der Waals surface area (Å²) in [7, 11) is -7.98. The molecule has 0 bridgehead atoms. The van der Waals surface area contributed by atoms with Gasteiger partial charge < -0.3 is 12.5 Å². The number of hydrogen-bond acceptors (Lipinski definition) is 3. The highest BCUT2D eigenvalue weighted by Gasteiger charge is 2.43. The molecule has 0 aromatic carbocycles. The monoisotopic (exact) mass is 395 g/mol. The van der Waals surface area contributed by atoms with Crippen LogP contribution in [0, 0.1) is 0 Å². The topological polar surface area (TPSA) is 21.7 Å². The molecule has 8 heteroatoms. The van der Waals surface area contributed by atoms with E-state index in [0.29, 0.717) is 0 Å². The molecule has 0 heterocycles. The van der Waals surface area contributed by atoms with E-state index < -0.39 is 41.7 Å². The van der Waals surface area contributed by atoms with Crippen LogP contribution in [0.15, 0.2) is 0 Å². The van der Waals surface area contributed by atoms with Gasteiger partial charge in [0.25, 0.3) is 0 Å². The first-order chi connectivity index (χ1) is 9.25. The van der Waals surface area contributed by atoms with Crippen molar-refractivity contribution in [1.29, 1.82) is 0 Å². The zero-order chi connectivity index (χ0) is 18.2. The Bertz CT molecular complexity index is 353. The molecular weight excluding hydrogens is 355 g/mol. The summed E-state index contributed by atoms with van der Waals surface area (Å²) < 4.78 is 16.0. The van der Waals surface area contributed by atoms with E-state index >= 15 is 0 Å². The Hall–Kier alpha value is 0.964. The van der Waals surface area contributed by atoms with Gasteiger partial charge in [-0.3, -0.25) is 0 Å².